The van der Waals surface area contributed by atoms with Crippen LogP contribution < -0.4 is 0 Å². The number of hydrogen-bond acceptors (Lipinski definition) is 5. The third-order valence-electron chi connectivity index (χ3n) is 3.90. The molecule has 1 aliphatic rings. The molecule has 10 heteroatoms. The lowest BCUT2D eigenvalue weighted by molar-refractivity contribution is -0.0939. The molecule has 1 heterocycles. The van der Waals surface area contributed by atoms with E-state index in [0.29, 0.717) is 15.6 Å². The minimum absolute atomic E-state index is 0.133. The molecule has 0 aliphatic carbocycles. The highest BCUT2D eigenvalue weighted by Crippen LogP contribution is 2.36. The maximum Gasteiger partial charge on any atom is 0.410 e. The number of aliphatic hydroxyl groups is 1. The van der Waals surface area contributed by atoms with Crippen molar-refractivity contribution in [2.24, 2.45) is 5.11 Å². The van der Waals surface area contributed by atoms with Crippen molar-refractivity contribution in [2.75, 3.05) is 26.2 Å². The van der Waals surface area contributed by atoms with Gasteiger partial charge in [0.05, 0.1) is 29.7 Å². The lowest BCUT2D eigenvalue weighted by atomic mass is 9.90. The summed E-state index contributed by atoms with van der Waals surface area (Å²) < 4.78 is 11.2. The number of azide groups is 1. The number of β-amino-alcohol motifs (C(OH)–C–C–N with tert-alkyl or cyclic N) is 1. The van der Waals surface area contributed by atoms with E-state index in [1.807, 2.05) is 0 Å². The molecule has 1 amide bonds. The lowest BCUT2D eigenvalue weighted by Crippen LogP contribution is -2.50. The average Bonchev–Trinajstić information content (AvgIpc) is 2.74. The molecule has 1 fully saturated rings. The fraction of sp³-hybridized carbons (Fsp3) is 0.588. The van der Waals surface area contributed by atoms with Crippen molar-refractivity contribution in [2.45, 2.75) is 38.1 Å². The molecule has 1 aromatic carbocycles. The molecule has 0 aromatic heterocycles. The first kappa shape index (κ1) is 21.6. The third kappa shape index (κ3) is 5.64. The van der Waals surface area contributed by atoms with E-state index in [0.717, 1.165) is 0 Å². The highest BCUT2D eigenvalue weighted by atomic mass is 35.5. The summed E-state index contributed by atoms with van der Waals surface area (Å²) >= 11 is 12.0. The van der Waals surface area contributed by atoms with Crippen LogP contribution in [0.4, 0.5) is 4.79 Å². The van der Waals surface area contributed by atoms with E-state index in [2.05, 4.69) is 10.0 Å². The summed E-state index contributed by atoms with van der Waals surface area (Å²) in [6.07, 6.45) is -1.45. The van der Waals surface area contributed by atoms with E-state index in [9.17, 15) is 9.90 Å². The molecule has 0 bridgehead atoms. The normalized spacial score (nSPS) is 23.3. The molecule has 0 spiro atoms. The average molecular weight is 417 g/mol. The molecule has 1 aromatic rings. The van der Waals surface area contributed by atoms with Gasteiger partial charge in [-0.25, -0.2) is 4.79 Å². The monoisotopic (exact) mass is 416 g/mol. The maximum absolute atomic E-state index is 12.5. The highest BCUT2D eigenvalue weighted by molar-refractivity contribution is 6.42. The van der Waals surface area contributed by atoms with Crippen LogP contribution in [0.15, 0.2) is 23.3 Å². The number of benzene rings is 1. The van der Waals surface area contributed by atoms with Gasteiger partial charge in [-0.3, -0.25) is 0 Å². The topological polar surface area (TPSA) is 108 Å². The van der Waals surface area contributed by atoms with E-state index in [-0.39, 0.29) is 26.2 Å². The molecule has 0 saturated carbocycles. The van der Waals surface area contributed by atoms with Gasteiger partial charge in [0.15, 0.2) is 0 Å². The van der Waals surface area contributed by atoms with E-state index in [1.165, 1.54) is 4.90 Å². The highest BCUT2D eigenvalue weighted by Gasteiger charge is 2.44. The zero-order valence-corrected chi connectivity index (χ0v) is 16.9. The van der Waals surface area contributed by atoms with E-state index in [1.54, 1.807) is 39.0 Å². The number of halogens is 2. The van der Waals surface area contributed by atoms with Crippen LogP contribution in [0.1, 0.15) is 32.4 Å². The van der Waals surface area contributed by atoms with Crippen LogP contribution >= 0.6 is 23.2 Å². The summed E-state index contributed by atoms with van der Waals surface area (Å²) in [5.74, 6) is 0. The third-order valence-corrected chi connectivity index (χ3v) is 4.64. The van der Waals surface area contributed by atoms with Crippen LogP contribution in [0, 0.1) is 0 Å². The molecule has 27 heavy (non-hydrogen) atoms. The summed E-state index contributed by atoms with van der Waals surface area (Å²) in [7, 11) is 0. The zero-order valence-electron chi connectivity index (χ0n) is 15.4. The second kappa shape index (κ2) is 8.54. The summed E-state index contributed by atoms with van der Waals surface area (Å²) in [5.41, 5.74) is 6.92. The number of hydrogen-bond donors (Lipinski definition) is 1. The van der Waals surface area contributed by atoms with Crippen molar-refractivity contribution in [1.29, 1.82) is 0 Å². The van der Waals surface area contributed by atoms with Crippen LogP contribution in [0.25, 0.3) is 10.4 Å². The summed E-state index contributed by atoms with van der Waals surface area (Å²) in [5, 5.41) is 15.4. The number of carbonyl (C=O) groups is 1. The standard InChI is InChI=1S/C17H22Cl2N4O4/c1-16(2,3)27-15(24)23-6-7-26-14(17(25,10-23)9-21-22-20)11-4-5-12(18)13(19)8-11/h4-5,8,14,25H,6-7,9-10H2,1-3H3. The van der Waals surface area contributed by atoms with Gasteiger partial charge in [-0.2, -0.15) is 0 Å². The maximum atomic E-state index is 12.5. The largest absolute Gasteiger partial charge is 0.444 e. The predicted octanol–water partition coefficient (Wildman–Crippen LogP) is 4.34. The zero-order chi connectivity index (χ0) is 20.2. The van der Waals surface area contributed by atoms with Gasteiger partial charge in [0.2, 0.25) is 0 Å². The molecule has 0 radical (unpaired) electrons. The molecule has 1 saturated heterocycles. The van der Waals surface area contributed by atoms with E-state index >= 15 is 0 Å². The van der Waals surface area contributed by atoms with Gasteiger partial charge < -0.3 is 19.5 Å². The van der Waals surface area contributed by atoms with Gasteiger partial charge in [0, 0.05) is 11.5 Å². The number of ether oxygens (including phenoxy) is 2. The fourth-order valence-corrected chi connectivity index (χ4v) is 3.09. The van der Waals surface area contributed by atoms with Crippen molar-refractivity contribution in [3.05, 3.63) is 44.3 Å². The van der Waals surface area contributed by atoms with Crippen molar-refractivity contribution in [3.8, 4) is 0 Å². The molecule has 8 nitrogen and oxygen atoms in total. The molecular weight excluding hydrogens is 395 g/mol. The van der Waals surface area contributed by atoms with Gasteiger partial charge in [-0.1, -0.05) is 34.4 Å². The molecule has 2 unspecified atom stereocenters. The Morgan fingerprint density at radius 1 is 1.48 bits per heavy atom. The van der Waals surface area contributed by atoms with E-state index < -0.39 is 23.4 Å². The summed E-state index contributed by atoms with van der Waals surface area (Å²) in [4.78, 5) is 16.5. The lowest BCUT2D eigenvalue weighted by Gasteiger charge is -2.36. The molecule has 2 atom stereocenters. The Bertz CT molecular complexity index is 749. The summed E-state index contributed by atoms with van der Waals surface area (Å²) in [6.45, 7) is 5.20. The molecule has 2 rings (SSSR count). The number of rotatable bonds is 3. The van der Waals surface area contributed by atoms with Crippen molar-refractivity contribution < 1.29 is 19.4 Å². The molecular formula is C17H22Cl2N4O4. The van der Waals surface area contributed by atoms with Gasteiger partial charge in [-0.05, 0) is 44.0 Å². The van der Waals surface area contributed by atoms with E-state index in [4.69, 9.17) is 38.2 Å². The second-order valence-electron chi connectivity index (χ2n) is 7.32. The van der Waals surface area contributed by atoms with Crippen molar-refractivity contribution in [3.63, 3.8) is 0 Å². The first-order valence-corrected chi connectivity index (χ1v) is 9.09. The molecule has 1 N–H and O–H groups in total. The Balaban J connectivity index is 2.35. The van der Waals surface area contributed by atoms with Gasteiger partial charge >= 0.3 is 6.09 Å². The first-order valence-electron chi connectivity index (χ1n) is 8.33. The smallest absolute Gasteiger partial charge is 0.410 e. The second-order valence-corrected chi connectivity index (χ2v) is 8.13. The SMILES string of the molecule is CC(C)(C)OC(=O)N1CCOC(c2ccc(Cl)c(Cl)c2)C(O)(CN=[N+]=[N-])C1. The van der Waals surface area contributed by atoms with Gasteiger partial charge in [-0.15, -0.1) is 0 Å². The fourth-order valence-electron chi connectivity index (χ4n) is 2.78. The quantitative estimate of drug-likeness (QED) is 0.448. The van der Waals surface area contributed by atoms with Crippen LogP contribution in [0.5, 0.6) is 0 Å². The number of carbonyl (C=O) groups excluding carboxylic acids is 1. The Morgan fingerprint density at radius 2 is 2.19 bits per heavy atom. The van der Waals surface area contributed by atoms with Crippen LogP contribution in [-0.2, 0) is 9.47 Å². The molecule has 148 valence electrons. The van der Waals surface area contributed by atoms with Crippen molar-refractivity contribution >= 4 is 29.3 Å². The number of amides is 1. The van der Waals surface area contributed by atoms with Crippen molar-refractivity contribution in [1.82, 2.24) is 4.90 Å². The van der Waals surface area contributed by atoms with Gasteiger partial charge in [0.25, 0.3) is 0 Å². The minimum atomic E-state index is -1.67. The minimum Gasteiger partial charge on any atom is -0.444 e. The van der Waals surface area contributed by atoms with Crippen LogP contribution in [-0.4, -0.2) is 53.5 Å². The Labute approximate surface area is 167 Å². The summed E-state index contributed by atoms with van der Waals surface area (Å²) in [6, 6.07) is 4.84. The first-order chi connectivity index (χ1) is 12.6. The Morgan fingerprint density at radius 3 is 2.78 bits per heavy atom. The van der Waals surface area contributed by atoms with Crippen LogP contribution in [0.3, 0.4) is 0 Å². The number of nitrogens with zero attached hydrogens (tertiary/aromatic N) is 4. The molecule has 1 aliphatic heterocycles. The van der Waals surface area contributed by atoms with Gasteiger partial charge in [0.1, 0.15) is 17.3 Å². The Hall–Kier alpha value is -1.70. The Kier molecular flexibility index (Phi) is 6.83. The predicted molar refractivity (Wildman–Crippen MR) is 102 cm³/mol. The van der Waals surface area contributed by atoms with Crippen LogP contribution in [0.2, 0.25) is 10.0 Å².